The van der Waals surface area contributed by atoms with Crippen molar-refractivity contribution in [1.29, 1.82) is 0 Å². The van der Waals surface area contributed by atoms with Crippen LogP contribution in [0.5, 0.6) is 11.5 Å². The van der Waals surface area contributed by atoms with Crippen LogP contribution in [-0.2, 0) is 6.54 Å². The minimum Gasteiger partial charge on any atom is -0.454 e. The molecule has 0 aliphatic carbocycles. The zero-order valence-electron chi connectivity index (χ0n) is 12.0. The zero-order valence-corrected chi connectivity index (χ0v) is 12.8. The van der Waals surface area contributed by atoms with E-state index in [1.807, 2.05) is 23.5 Å². The third kappa shape index (κ3) is 2.53. The average molecular weight is 289 g/mol. The molecular weight excluding hydrogens is 270 g/mol. The van der Waals surface area contributed by atoms with Crippen molar-refractivity contribution in [3.8, 4) is 11.5 Å². The second-order valence-electron chi connectivity index (χ2n) is 5.12. The molecule has 1 unspecified atom stereocenters. The van der Waals surface area contributed by atoms with Crippen molar-refractivity contribution in [2.24, 2.45) is 0 Å². The standard InChI is InChI=1S/C16H19NO2S/c1-10-7-14(12(3)20-10)11(2)17-8-13-5-4-6-15-16(13)19-9-18-15/h4-7,11,17H,8-9H2,1-3H3. The van der Waals surface area contributed by atoms with Crippen LogP contribution >= 0.6 is 11.3 Å². The molecule has 1 N–H and O–H groups in total. The van der Waals surface area contributed by atoms with Crippen LogP contribution in [0.15, 0.2) is 24.3 Å². The fourth-order valence-corrected chi connectivity index (χ4v) is 3.61. The van der Waals surface area contributed by atoms with Gasteiger partial charge in [0.2, 0.25) is 6.79 Å². The smallest absolute Gasteiger partial charge is 0.231 e. The van der Waals surface area contributed by atoms with Gasteiger partial charge in [0.05, 0.1) is 0 Å². The lowest BCUT2D eigenvalue weighted by Crippen LogP contribution is -2.18. The van der Waals surface area contributed by atoms with Crippen molar-refractivity contribution in [3.63, 3.8) is 0 Å². The molecule has 2 aromatic rings. The van der Waals surface area contributed by atoms with Crippen LogP contribution in [0.3, 0.4) is 0 Å². The Kier molecular flexibility index (Phi) is 3.68. The van der Waals surface area contributed by atoms with Crippen LogP contribution in [0.25, 0.3) is 0 Å². The second kappa shape index (κ2) is 5.46. The molecule has 2 heterocycles. The van der Waals surface area contributed by atoms with Gasteiger partial charge in [-0.2, -0.15) is 0 Å². The SMILES string of the molecule is Cc1cc(C(C)NCc2cccc3c2OCO3)c(C)s1. The lowest BCUT2D eigenvalue weighted by Gasteiger charge is -2.15. The number of benzene rings is 1. The molecule has 1 aliphatic heterocycles. The number of ether oxygens (including phenoxy) is 2. The van der Waals surface area contributed by atoms with Gasteiger partial charge in [-0.25, -0.2) is 0 Å². The molecule has 3 nitrogen and oxygen atoms in total. The summed E-state index contributed by atoms with van der Waals surface area (Å²) in [5, 5.41) is 3.57. The summed E-state index contributed by atoms with van der Waals surface area (Å²) in [5.74, 6) is 1.73. The fourth-order valence-electron chi connectivity index (χ4n) is 2.58. The molecule has 0 bridgehead atoms. The molecule has 3 rings (SSSR count). The number of rotatable bonds is 4. The van der Waals surface area contributed by atoms with Gasteiger partial charge >= 0.3 is 0 Å². The highest BCUT2D eigenvalue weighted by Gasteiger charge is 2.18. The van der Waals surface area contributed by atoms with Crippen LogP contribution in [0.1, 0.15) is 33.8 Å². The third-order valence-electron chi connectivity index (χ3n) is 3.62. The molecule has 0 radical (unpaired) electrons. The minimum absolute atomic E-state index is 0.324. The first-order chi connectivity index (χ1) is 9.65. The number of hydrogen-bond acceptors (Lipinski definition) is 4. The molecule has 0 fully saturated rings. The third-order valence-corrected chi connectivity index (χ3v) is 4.60. The molecule has 0 saturated carbocycles. The Balaban J connectivity index is 1.71. The molecule has 20 heavy (non-hydrogen) atoms. The van der Waals surface area contributed by atoms with E-state index in [4.69, 9.17) is 9.47 Å². The maximum atomic E-state index is 5.54. The maximum absolute atomic E-state index is 5.54. The van der Waals surface area contributed by atoms with E-state index in [0.29, 0.717) is 12.8 Å². The Morgan fingerprint density at radius 2 is 2.15 bits per heavy atom. The normalized spacial score (nSPS) is 14.6. The van der Waals surface area contributed by atoms with Gasteiger partial charge in [-0.1, -0.05) is 12.1 Å². The first-order valence-corrected chi connectivity index (χ1v) is 7.64. The minimum atomic E-state index is 0.324. The van der Waals surface area contributed by atoms with E-state index >= 15 is 0 Å². The van der Waals surface area contributed by atoms with Gasteiger partial charge in [0.25, 0.3) is 0 Å². The summed E-state index contributed by atoms with van der Waals surface area (Å²) in [6, 6.07) is 8.64. The Morgan fingerprint density at radius 1 is 1.30 bits per heavy atom. The van der Waals surface area contributed by atoms with E-state index in [1.54, 1.807) is 0 Å². The largest absolute Gasteiger partial charge is 0.454 e. The van der Waals surface area contributed by atoms with E-state index in [9.17, 15) is 0 Å². The molecule has 1 atom stereocenters. The topological polar surface area (TPSA) is 30.5 Å². The summed E-state index contributed by atoms with van der Waals surface area (Å²) in [6.45, 7) is 7.65. The highest BCUT2D eigenvalue weighted by Crippen LogP contribution is 2.35. The van der Waals surface area contributed by atoms with Crippen molar-refractivity contribution >= 4 is 11.3 Å². The number of aryl methyl sites for hydroxylation is 2. The van der Waals surface area contributed by atoms with E-state index in [2.05, 4.69) is 38.2 Å². The maximum Gasteiger partial charge on any atom is 0.231 e. The predicted octanol–water partition coefficient (Wildman–Crippen LogP) is 3.94. The van der Waals surface area contributed by atoms with Gasteiger partial charge in [0.1, 0.15) is 0 Å². The lowest BCUT2D eigenvalue weighted by molar-refractivity contribution is 0.173. The molecular formula is C16H19NO2S. The van der Waals surface area contributed by atoms with Gasteiger partial charge < -0.3 is 14.8 Å². The number of nitrogens with one attached hydrogen (secondary N) is 1. The fraction of sp³-hybridized carbons (Fsp3) is 0.375. The molecule has 0 amide bonds. The van der Waals surface area contributed by atoms with Crippen molar-refractivity contribution in [2.75, 3.05) is 6.79 Å². The Morgan fingerprint density at radius 3 is 2.90 bits per heavy atom. The van der Waals surface area contributed by atoms with Gasteiger partial charge in [-0.15, -0.1) is 11.3 Å². The van der Waals surface area contributed by atoms with Crippen molar-refractivity contribution in [2.45, 2.75) is 33.4 Å². The molecule has 4 heteroatoms. The molecule has 1 aliphatic rings. The average Bonchev–Trinajstić information content (AvgIpc) is 3.02. The monoisotopic (exact) mass is 289 g/mol. The van der Waals surface area contributed by atoms with Gasteiger partial charge in [0, 0.05) is 27.9 Å². The molecule has 0 spiro atoms. The van der Waals surface area contributed by atoms with Crippen LogP contribution in [-0.4, -0.2) is 6.79 Å². The van der Waals surface area contributed by atoms with Gasteiger partial charge in [-0.3, -0.25) is 0 Å². The summed E-state index contributed by atoms with van der Waals surface area (Å²) in [5.41, 5.74) is 2.54. The van der Waals surface area contributed by atoms with E-state index in [1.165, 1.54) is 15.3 Å². The Labute approximate surface area is 123 Å². The summed E-state index contributed by atoms with van der Waals surface area (Å²) in [7, 11) is 0. The van der Waals surface area contributed by atoms with Crippen molar-refractivity contribution in [1.82, 2.24) is 5.32 Å². The summed E-state index contributed by atoms with van der Waals surface area (Å²) in [4.78, 5) is 2.75. The van der Waals surface area contributed by atoms with Gasteiger partial charge in [0.15, 0.2) is 11.5 Å². The van der Waals surface area contributed by atoms with Crippen LogP contribution < -0.4 is 14.8 Å². The predicted molar refractivity (Wildman–Crippen MR) is 81.6 cm³/mol. The van der Waals surface area contributed by atoms with E-state index < -0.39 is 0 Å². The highest BCUT2D eigenvalue weighted by atomic mass is 32.1. The van der Waals surface area contributed by atoms with Crippen molar-refractivity contribution in [3.05, 3.63) is 45.1 Å². The first kappa shape index (κ1) is 13.5. The molecule has 1 aromatic heterocycles. The number of para-hydroxylation sites is 1. The van der Waals surface area contributed by atoms with Gasteiger partial charge in [-0.05, 0) is 38.5 Å². The molecule has 1 aromatic carbocycles. The number of thiophene rings is 1. The van der Waals surface area contributed by atoms with Crippen LogP contribution in [0, 0.1) is 13.8 Å². The number of hydrogen-bond donors (Lipinski definition) is 1. The van der Waals surface area contributed by atoms with Crippen molar-refractivity contribution < 1.29 is 9.47 Å². The highest BCUT2D eigenvalue weighted by molar-refractivity contribution is 7.12. The molecule has 106 valence electrons. The summed E-state index contributed by atoms with van der Waals surface area (Å²) >= 11 is 1.85. The second-order valence-corrected chi connectivity index (χ2v) is 6.58. The van der Waals surface area contributed by atoms with E-state index in [0.717, 1.165) is 23.6 Å². The number of fused-ring (bicyclic) bond motifs is 1. The Hall–Kier alpha value is -1.52. The van der Waals surface area contributed by atoms with E-state index in [-0.39, 0.29) is 0 Å². The molecule has 0 saturated heterocycles. The van der Waals surface area contributed by atoms with Crippen LogP contribution in [0.4, 0.5) is 0 Å². The Bertz CT molecular complexity index is 621. The summed E-state index contributed by atoms with van der Waals surface area (Å²) in [6.07, 6.45) is 0. The van der Waals surface area contributed by atoms with Crippen LogP contribution in [0.2, 0.25) is 0 Å². The first-order valence-electron chi connectivity index (χ1n) is 6.83. The summed E-state index contributed by atoms with van der Waals surface area (Å²) < 4.78 is 10.9. The zero-order chi connectivity index (χ0) is 14.1. The lowest BCUT2D eigenvalue weighted by atomic mass is 10.1. The quantitative estimate of drug-likeness (QED) is 0.924.